The van der Waals surface area contributed by atoms with Gasteiger partial charge in [-0.2, -0.15) is 0 Å². The Hall–Kier alpha value is -1.61. The molecule has 1 fully saturated rings. The van der Waals surface area contributed by atoms with Crippen LogP contribution in [-0.2, 0) is 10.2 Å². The topological polar surface area (TPSA) is 37.3 Å². The highest BCUT2D eigenvalue weighted by Crippen LogP contribution is 2.51. The lowest BCUT2D eigenvalue weighted by Crippen LogP contribution is -2.17. The monoisotopic (exact) mass is 258 g/mol. The fourth-order valence-electron chi connectivity index (χ4n) is 2.24. The van der Waals surface area contributed by atoms with Crippen molar-refractivity contribution in [2.75, 3.05) is 0 Å². The fraction of sp³-hybridized carbons (Fsp3) is 0.267. The van der Waals surface area contributed by atoms with Gasteiger partial charge in [0.05, 0.1) is 0 Å². The summed E-state index contributed by atoms with van der Waals surface area (Å²) in [5, 5.41) is 9.29. The average molecular weight is 258 g/mol. The molecule has 0 aliphatic heterocycles. The summed E-state index contributed by atoms with van der Waals surface area (Å²) in [6.45, 7) is 2.07. The van der Waals surface area contributed by atoms with E-state index in [1.165, 1.54) is 11.1 Å². The van der Waals surface area contributed by atoms with Crippen LogP contribution in [-0.4, -0.2) is 11.1 Å². The zero-order chi connectivity index (χ0) is 12.8. The van der Waals surface area contributed by atoms with Gasteiger partial charge in [0.15, 0.2) is 0 Å². The molecule has 1 aromatic carbocycles. The minimum absolute atomic E-state index is 0.577. The smallest absolute Gasteiger partial charge is 0.314 e. The van der Waals surface area contributed by atoms with E-state index in [-0.39, 0.29) is 0 Å². The van der Waals surface area contributed by atoms with Crippen LogP contribution in [0, 0.1) is 6.92 Å². The summed E-state index contributed by atoms with van der Waals surface area (Å²) >= 11 is 1.61. The van der Waals surface area contributed by atoms with E-state index in [0.717, 1.165) is 22.6 Å². The molecule has 0 bridgehead atoms. The quantitative estimate of drug-likeness (QED) is 0.908. The molecule has 2 nitrogen and oxygen atoms in total. The number of rotatable bonds is 3. The molecule has 1 N–H and O–H groups in total. The van der Waals surface area contributed by atoms with E-state index < -0.39 is 11.4 Å². The van der Waals surface area contributed by atoms with Crippen molar-refractivity contribution < 1.29 is 9.90 Å². The SMILES string of the molecule is Cc1cccc(-c2ccc(C3(C(=O)O)CC3)s2)c1. The molecule has 3 heteroatoms. The lowest BCUT2D eigenvalue weighted by molar-refractivity contribution is -0.139. The third-order valence-corrected chi connectivity index (χ3v) is 4.88. The number of carbonyl (C=O) groups is 1. The Morgan fingerprint density at radius 2 is 2.06 bits per heavy atom. The largest absolute Gasteiger partial charge is 0.481 e. The van der Waals surface area contributed by atoms with Gasteiger partial charge in [-0.25, -0.2) is 0 Å². The molecule has 92 valence electrons. The van der Waals surface area contributed by atoms with Crippen LogP contribution in [0.2, 0.25) is 0 Å². The predicted molar refractivity (Wildman–Crippen MR) is 73.0 cm³/mol. The zero-order valence-electron chi connectivity index (χ0n) is 10.1. The Morgan fingerprint density at radius 3 is 2.67 bits per heavy atom. The van der Waals surface area contributed by atoms with Gasteiger partial charge in [-0.05, 0) is 37.5 Å². The molecule has 2 aromatic rings. The normalized spacial score (nSPS) is 16.5. The molecule has 1 aliphatic carbocycles. The molecule has 1 heterocycles. The van der Waals surface area contributed by atoms with Crippen LogP contribution < -0.4 is 0 Å². The first kappa shape index (κ1) is 11.5. The molecule has 0 atom stereocenters. The maximum atomic E-state index is 11.3. The minimum Gasteiger partial charge on any atom is -0.481 e. The maximum Gasteiger partial charge on any atom is 0.314 e. The van der Waals surface area contributed by atoms with Gasteiger partial charge >= 0.3 is 5.97 Å². The summed E-state index contributed by atoms with van der Waals surface area (Å²) in [4.78, 5) is 13.4. The first-order chi connectivity index (χ1) is 8.62. The van der Waals surface area contributed by atoms with E-state index in [1.807, 2.05) is 18.2 Å². The lowest BCUT2D eigenvalue weighted by Gasteiger charge is -2.05. The van der Waals surface area contributed by atoms with Crippen LogP contribution >= 0.6 is 11.3 Å². The molecule has 0 saturated heterocycles. The van der Waals surface area contributed by atoms with E-state index >= 15 is 0 Å². The Labute approximate surface area is 110 Å². The Morgan fingerprint density at radius 1 is 1.28 bits per heavy atom. The van der Waals surface area contributed by atoms with Crippen molar-refractivity contribution in [1.29, 1.82) is 0 Å². The second kappa shape index (κ2) is 3.95. The number of carboxylic acid groups (broad SMARTS) is 1. The van der Waals surface area contributed by atoms with Crippen LogP contribution in [0.15, 0.2) is 36.4 Å². The molecule has 0 spiro atoms. The molecule has 3 rings (SSSR count). The van der Waals surface area contributed by atoms with Crippen LogP contribution in [0.5, 0.6) is 0 Å². The maximum absolute atomic E-state index is 11.3. The molecule has 1 aliphatic rings. The Bertz CT molecular complexity index is 608. The van der Waals surface area contributed by atoms with Gasteiger partial charge < -0.3 is 5.11 Å². The van der Waals surface area contributed by atoms with E-state index in [0.29, 0.717) is 0 Å². The second-order valence-corrected chi connectivity index (χ2v) is 6.00. The molecular weight excluding hydrogens is 244 g/mol. The van der Waals surface area contributed by atoms with Crippen LogP contribution in [0.3, 0.4) is 0 Å². The molecule has 0 unspecified atom stereocenters. The molecule has 0 radical (unpaired) electrons. The molecule has 18 heavy (non-hydrogen) atoms. The van der Waals surface area contributed by atoms with Crippen LogP contribution in [0.4, 0.5) is 0 Å². The highest BCUT2D eigenvalue weighted by Gasteiger charge is 2.52. The third kappa shape index (κ3) is 1.75. The fourth-order valence-corrected chi connectivity index (χ4v) is 3.48. The van der Waals surface area contributed by atoms with E-state index in [9.17, 15) is 9.90 Å². The predicted octanol–water partition coefficient (Wildman–Crippen LogP) is 3.84. The summed E-state index contributed by atoms with van der Waals surface area (Å²) in [6, 6.07) is 12.3. The van der Waals surface area contributed by atoms with Gasteiger partial charge in [0.1, 0.15) is 5.41 Å². The number of hydrogen-bond acceptors (Lipinski definition) is 2. The number of thiophene rings is 1. The van der Waals surface area contributed by atoms with Crippen molar-refractivity contribution in [3.63, 3.8) is 0 Å². The molecule has 1 aromatic heterocycles. The van der Waals surface area contributed by atoms with Crippen molar-refractivity contribution >= 4 is 17.3 Å². The number of aliphatic carboxylic acids is 1. The number of benzene rings is 1. The van der Waals surface area contributed by atoms with Crippen molar-refractivity contribution in [1.82, 2.24) is 0 Å². The number of carboxylic acids is 1. The van der Waals surface area contributed by atoms with Gasteiger partial charge in [-0.15, -0.1) is 11.3 Å². The molecular formula is C15H14O2S. The number of hydrogen-bond donors (Lipinski definition) is 1. The summed E-state index contributed by atoms with van der Waals surface area (Å²) in [7, 11) is 0. The van der Waals surface area contributed by atoms with Crippen LogP contribution in [0.1, 0.15) is 23.3 Å². The first-order valence-electron chi connectivity index (χ1n) is 6.03. The standard InChI is InChI=1S/C15H14O2S/c1-10-3-2-4-11(9-10)12-5-6-13(18-12)15(7-8-15)14(16)17/h2-6,9H,7-8H2,1H3,(H,16,17). The van der Waals surface area contributed by atoms with Gasteiger partial charge in [-0.3, -0.25) is 4.79 Å². The van der Waals surface area contributed by atoms with E-state index in [1.54, 1.807) is 11.3 Å². The molecule has 0 amide bonds. The number of aryl methyl sites for hydroxylation is 1. The summed E-state index contributed by atoms with van der Waals surface area (Å²) in [5.41, 5.74) is 1.82. The summed E-state index contributed by atoms with van der Waals surface area (Å²) < 4.78 is 0. The lowest BCUT2D eigenvalue weighted by atomic mass is 10.1. The molecule has 1 saturated carbocycles. The minimum atomic E-state index is -0.680. The van der Waals surface area contributed by atoms with Crippen molar-refractivity contribution in [3.8, 4) is 10.4 Å². The van der Waals surface area contributed by atoms with Crippen molar-refractivity contribution in [2.24, 2.45) is 0 Å². The van der Waals surface area contributed by atoms with E-state index in [4.69, 9.17) is 0 Å². The van der Waals surface area contributed by atoms with Crippen molar-refractivity contribution in [3.05, 3.63) is 46.8 Å². The third-order valence-electron chi connectivity index (χ3n) is 3.54. The Balaban J connectivity index is 1.98. The highest BCUT2D eigenvalue weighted by molar-refractivity contribution is 7.15. The summed E-state index contributed by atoms with van der Waals surface area (Å²) in [6.07, 6.45) is 1.55. The second-order valence-electron chi connectivity index (χ2n) is 4.92. The van der Waals surface area contributed by atoms with Gasteiger partial charge in [0, 0.05) is 9.75 Å². The van der Waals surface area contributed by atoms with Crippen LogP contribution in [0.25, 0.3) is 10.4 Å². The first-order valence-corrected chi connectivity index (χ1v) is 6.84. The highest BCUT2D eigenvalue weighted by atomic mass is 32.1. The van der Waals surface area contributed by atoms with Crippen molar-refractivity contribution in [2.45, 2.75) is 25.2 Å². The van der Waals surface area contributed by atoms with E-state index in [2.05, 4.69) is 25.1 Å². The Kier molecular flexibility index (Phi) is 2.52. The summed E-state index contributed by atoms with van der Waals surface area (Å²) in [5.74, 6) is -0.680. The zero-order valence-corrected chi connectivity index (χ0v) is 11.0. The van der Waals surface area contributed by atoms with Gasteiger partial charge in [0.2, 0.25) is 0 Å². The van der Waals surface area contributed by atoms with Gasteiger partial charge in [-0.1, -0.05) is 29.8 Å². The average Bonchev–Trinajstić information content (AvgIpc) is 3.01. The van der Waals surface area contributed by atoms with Gasteiger partial charge in [0.25, 0.3) is 0 Å².